The predicted octanol–water partition coefficient (Wildman–Crippen LogP) is 2.48. The summed E-state index contributed by atoms with van der Waals surface area (Å²) in [6.07, 6.45) is 5.69. The molecule has 0 bridgehead atoms. The normalized spacial score (nSPS) is 25.3. The zero-order valence-electron chi connectivity index (χ0n) is 11.5. The van der Waals surface area contributed by atoms with E-state index in [4.69, 9.17) is 0 Å². The van der Waals surface area contributed by atoms with E-state index < -0.39 is 0 Å². The van der Waals surface area contributed by atoms with Crippen LogP contribution in [0.5, 0.6) is 0 Å². The van der Waals surface area contributed by atoms with Gasteiger partial charge in [0, 0.05) is 12.5 Å². The summed E-state index contributed by atoms with van der Waals surface area (Å²) in [6.45, 7) is 6.94. The van der Waals surface area contributed by atoms with E-state index in [-0.39, 0.29) is 23.3 Å². The van der Waals surface area contributed by atoms with Crippen LogP contribution in [0.3, 0.4) is 0 Å². The molecule has 1 aliphatic rings. The molecular weight excluding hydrogens is 214 g/mol. The third-order valence-electron chi connectivity index (χ3n) is 4.07. The van der Waals surface area contributed by atoms with Crippen molar-refractivity contribution in [1.29, 1.82) is 0 Å². The molecule has 0 heterocycles. The molecule has 1 aliphatic carbocycles. The quantitative estimate of drug-likeness (QED) is 0.777. The molecule has 0 spiro atoms. The second kappa shape index (κ2) is 6.39. The van der Waals surface area contributed by atoms with Gasteiger partial charge in [-0.25, -0.2) is 0 Å². The van der Waals surface area contributed by atoms with E-state index in [0.29, 0.717) is 13.0 Å². The first kappa shape index (κ1) is 14.5. The van der Waals surface area contributed by atoms with Crippen LogP contribution in [-0.2, 0) is 4.79 Å². The maximum atomic E-state index is 12.1. The Bertz CT molecular complexity index is 251. The molecule has 3 nitrogen and oxygen atoms in total. The Morgan fingerprint density at radius 3 is 2.76 bits per heavy atom. The minimum absolute atomic E-state index is 0.131. The predicted molar refractivity (Wildman–Crippen MR) is 69.7 cm³/mol. The van der Waals surface area contributed by atoms with E-state index in [0.717, 1.165) is 19.3 Å². The molecule has 0 radical (unpaired) electrons. The van der Waals surface area contributed by atoms with Crippen LogP contribution in [0.15, 0.2) is 0 Å². The number of aliphatic hydroxyl groups is 1. The molecule has 1 fully saturated rings. The molecule has 2 atom stereocenters. The lowest BCUT2D eigenvalue weighted by atomic mass is 9.68. The third kappa shape index (κ3) is 4.30. The van der Waals surface area contributed by atoms with E-state index in [1.807, 2.05) is 6.92 Å². The topological polar surface area (TPSA) is 49.3 Å². The van der Waals surface area contributed by atoms with Crippen molar-refractivity contribution in [2.24, 2.45) is 11.3 Å². The number of carbonyl (C=O) groups is 1. The summed E-state index contributed by atoms with van der Waals surface area (Å²) in [5.41, 5.74) is 0.131. The zero-order valence-corrected chi connectivity index (χ0v) is 11.5. The number of rotatable bonds is 5. The summed E-state index contributed by atoms with van der Waals surface area (Å²) < 4.78 is 0. The SMILES string of the molecule is CCC(O)CCNC(=O)C1CCCCC1(C)C. The molecule has 1 amide bonds. The molecule has 2 unspecified atom stereocenters. The molecule has 1 rings (SSSR count). The molecule has 0 saturated heterocycles. The van der Waals surface area contributed by atoms with Crippen LogP contribution in [0, 0.1) is 11.3 Å². The summed E-state index contributed by atoms with van der Waals surface area (Å²) in [5.74, 6) is 0.327. The maximum Gasteiger partial charge on any atom is 0.223 e. The molecular formula is C14H27NO2. The Morgan fingerprint density at radius 1 is 1.47 bits per heavy atom. The van der Waals surface area contributed by atoms with Crippen LogP contribution in [0.1, 0.15) is 59.3 Å². The monoisotopic (exact) mass is 241 g/mol. The van der Waals surface area contributed by atoms with Crippen molar-refractivity contribution in [2.45, 2.75) is 65.4 Å². The number of hydrogen-bond acceptors (Lipinski definition) is 2. The van der Waals surface area contributed by atoms with Gasteiger partial charge in [-0.3, -0.25) is 4.79 Å². The van der Waals surface area contributed by atoms with Gasteiger partial charge in [0.1, 0.15) is 0 Å². The van der Waals surface area contributed by atoms with Crippen molar-refractivity contribution in [3.05, 3.63) is 0 Å². The van der Waals surface area contributed by atoms with Crippen molar-refractivity contribution in [1.82, 2.24) is 5.32 Å². The second-order valence-corrected chi connectivity index (χ2v) is 5.93. The van der Waals surface area contributed by atoms with Crippen molar-refractivity contribution in [3.63, 3.8) is 0 Å². The number of amides is 1. The lowest BCUT2D eigenvalue weighted by Gasteiger charge is -2.37. The molecule has 1 saturated carbocycles. The molecule has 0 aromatic carbocycles. The lowest BCUT2D eigenvalue weighted by Crippen LogP contribution is -2.41. The van der Waals surface area contributed by atoms with Crippen LogP contribution >= 0.6 is 0 Å². The van der Waals surface area contributed by atoms with Gasteiger partial charge in [-0.05, 0) is 31.1 Å². The Labute approximate surface area is 105 Å². The fraction of sp³-hybridized carbons (Fsp3) is 0.929. The molecule has 100 valence electrons. The number of hydrogen-bond donors (Lipinski definition) is 2. The van der Waals surface area contributed by atoms with Gasteiger partial charge in [0.2, 0.25) is 5.91 Å². The highest BCUT2D eigenvalue weighted by Crippen LogP contribution is 2.40. The Kier molecular flexibility index (Phi) is 5.44. The molecule has 17 heavy (non-hydrogen) atoms. The Balaban J connectivity index is 2.36. The smallest absolute Gasteiger partial charge is 0.223 e. The number of carbonyl (C=O) groups excluding carboxylic acids is 1. The first-order valence-corrected chi connectivity index (χ1v) is 6.93. The highest BCUT2D eigenvalue weighted by molar-refractivity contribution is 5.79. The van der Waals surface area contributed by atoms with E-state index in [1.165, 1.54) is 12.8 Å². The van der Waals surface area contributed by atoms with E-state index in [1.54, 1.807) is 0 Å². The van der Waals surface area contributed by atoms with Crippen molar-refractivity contribution >= 4 is 5.91 Å². The van der Waals surface area contributed by atoms with Crippen LogP contribution in [-0.4, -0.2) is 23.7 Å². The summed E-state index contributed by atoms with van der Waals surface area (Å²) in [5, 5.41) is 12.4. The maximum absolute atomic E-state index is 12.1. The minimum Gasteiger partial charge on any atom is -0.393 e. The largest absolute Gasteiger partial charge is 0.393 e. The van der Waals surface area contributed by atoms with Gasteiger partial charge in [0.05, 0.1) is 6.10 Å². The summed E-state index contributed by atoms with van der Waals surface area (Å²) in [7, 11) is 0. The zero-order chi connectivity index (χ0) is 12.9. The van der Waals surface area contributed by atoms with Gasteiger partial charge in [-0.1, -0.05) is 33.6 Å². The summed E-state index contributed by atoms with van der Waals surface area (Å²) >= 11 is 0. The van der Waals surface area contributed by atoms with E-state index in [9.17, 15) is 9.90 Å². The minimum atomic E-state index is -0.283. The van der Waals surface area contributed by atoms with E-state index in [2.05, 4.69) is 19.2 Å². The Hall–Kier alpha value is -0.570. The van der Waals surface area contributed by atoms with Crippen molar-refractivity contribution < 1.29 is 9.90 Å². The van der Waals surface area contributed by atoms with Crippen LogP contribution in [0.25, 0.3) is 0 Å². The molecule has 0 aliphatic heterocycles. The first-order chi connectivity index (χ1) is 7.97. The van der Waals surface area contributed by atoms with Gasteiger partial charge in [-0.15, -0.1) is 0 Å². The fourth-order valence-electron chi connectivity index (χ4n) is 2.67. The summed E-state index contributed by atoms with van der Waals surface area (Å²) in [4.78, 5) is 12.1. The molecule has 2 N–H and O–H groups in total. The fourth-order valence-corrected chi connectivity index (χ4v) is 2.67. The van der Waals surface area contributed by atoms with Gasteiger partial charge >= 0.3 is 0 Å². The lowest BCUT2D eigenvalue weighted by molar-refractivity contribution is -0.130. The summed E-state index contributed by atoms with van der Waals surface area (Å²) in [6, 6.07) is 0. The highest BCUT2D eigenvalue weighted by atomic mass is 16.3. The first-order valence-electron chi connectivity index (χ1n) is 6.93. The Morgan fingerprint density at radius 2 is 2.18 bits per heavy atom. The molecule has 3 heteroatoms. The van der Waals surface area contributed by atoms with E-state index >= 15 is 0 Å². The van der Waals surface area contributed by atoms with Gasteiger partial charge in [-0.2, -0.15) is 0 Å². The highest BCUT2D eigenvalue weighted by Gasteiger charge is 2.36. The van der Waals surface area contributed by atoms with Crippen LogP contribution in [0.4, 0.5) is 0 Å². The van der Waals surface area contributed by atoms with Crippen molar-refractivity contribution in [3.8, 4) is 0 Å². The second-order valence-electron chi connectivity index (χ2n) is 5.93. The third-order valence-corrected chi connectivity index (χ3v) is 4.07. The van der Waals surface area contributed by atoms with Crippen LogP contribution < -0.4 is 5.32 Å². The average molecular weight is 241 g/mol. The molecule has 0 aromatic rings. The number of aliphatic hydroxyl groups excluding tert-OH is 1. The van der Waals surface area contributed by atoms with Gasteiger partial charge in [0.15, 0.2) is 0 Å². The average Bonchev–Trinajstić information content (AvgIpc) is 2.27. The standard InChI is InChI=1S/C14H27NO2/c1-4-11(16)8-10-15-13(17)12-7-5-6-9-14(12,2)3/h11-12,16H,4-10H2,1-3H3,(H,15,17). The van der Waals surface area contributed by atoms with Gasteiger partial charge < -0.3 is 10.4 Å². The number of nitrogens with one attached hydrogen (secondary N) is 1. The molecule has 0 aromatic heterocycles. The van der Waals surface area contributed by atoms with Crippen molar-refractivity contribution in [2.75, 3.05) is 6.54 Å². The van der Waals surface area contributed by atoms with Gasteiger partial charge in [0.25, 0.3) is 0 Å². The van der Waals surface area contributed by atoms with Crippen LogP contribution in [0.2, 0.25) is 0 Å².